The first-order valence-corrected chi connectivity index (χ1v) is 7.95. The van der Waals surface area contributed by atoms with Crippen LogP contribution in [-0.4, -0.2) is 53.8 Å². The molecule has 2 N–H and O–H groups in total. The number of ether oxygens (including phenoxy) is 1. The van der Waals surface area contributed by atoms with Gasteiger partial charge in [0.05, 0.1) is 19.1 Å². The van der Waals surface area contributed by atoms with Gasteiger partial charge in [-0.1, -0.05) is 20.3 Å². The van der Waals surface area contributed by atoms with Crippen LogP contribution in [0.3, 0.4) is 0 Å². The van der Waals surface area contributed by atoms with Crippen LogP contribution in [0.15, 0.2) is 0 Å². The van der Waals surface area contributed by atoms with E-state index in [0.717, 1.165) is 32.1 Å². The van der Waals surface area contributed by atoms with Gasteiger partial charge in [0.1, 0.15) is 0 Å². The smallest absolute Gasteiger partial charge is 0.317 e. The van der Waals surface area contributed by atoms with Crippen LogP contribution >= 0.6 is 0 Å². The number of carboxylic acid groups (broad SMARTS) is 1. The number of carbonyl (C=O) groups is 2. The van der Waals surface area contributed by atoms with Crippen LogP contribution in [0, 0.1) is 0 Å². The monoisotopic (exact) mass is 300 g/mol. The van der Waals surface area contributed by atoms with Crippen molar-refractivity contribution in [1.29, 1.82) is 0 Å². The van der Waals surface area contributed by atoms with E-state index in [-0.39, 0.29) is 31.2 Å². The highest BCUT2D eigenvalue weighted by Gasteiger charge is 2.24. The zero-order valence-electron chi connectivity index (χ0n) is 13.1. The molecule has 21 heavy (non-hydrogen) atoms. The fourth-order valence-electron chi connectivity index (χ4n) is 2.53. The minimum atomic E-state index is -0.839. The molecule has 1 fully saturated rings. The summed E-state index contributed by atoms with van der Waals surface area (Å²) in [6.07, 6.45) is 4.69. The third-order valence-electron chi connectivity index (χ3n) is 3.86. The van der Waals surface area contributed by atoms with Gasteiger partial charge in [0, 0.05) is 19.1 Å². The summed E-state index contributed by atoms with van der Waals surface area (Å²) in [6, 6.07) is 0.270. The number of aliphatic carboxylic acids is 1. The molecule has 0 aromatic heterocycles. The highest BCUT2D eigenvalue weighted by atomic mass is 16.5. The number of piperidine rings is 1. The molecule has 1 atom stereocenters. The number of urea groups is 1. The number of hydrogen-bond donors (Lipinski definition) is 2. The lowest BCUT2D eigenvalue weighted by Crippen LogP contribution is -2.48. The summed E-state index contributed by atoms with van der Waals surface area (Å²) in [5, 5.41) is 11.6. The van der Waals surface area contributed by atoms with Gasteiger partial charge in [-0.2, -0.15) is 0 Å². The third kappa shape index (κ3) is 6.80. The quantitative estimate of drug-likeness (QED) is 0.720. The molecule has 0 aromatic rings. The van der Waals surface area contributed by atoms with Crippen LogP contribution in [0.5, 0.6) is 0 Å². The Hall–Kier alpha value is -1.30. The summed E-state index contributed by atoms with van der Waals surface area (Å²) in [6.45, 7) is 5.80. The Labute approximate surface area is 126 Å². The molecule has 1 unspecified atom stereocenters. The Kier molecular flexibility index (Phi) is 8.12. The molecule has 1 heterocycles. The molecule has 1 saturated heterocycles. The summed E-state index contributed by atoms with van der Waals surface area (Å²) in [7, 11) is 0. The van der Waals surface area contributed by atoms with Crippen LogP contribution in [0.4, 0.5) is 4.79 Å². The van der Waals surface area contributed by atoms with E-state index in [1.54, 1.807) is 0 Å². The Bertz CT molecular complexity index is 328. The van der Waals surface area contributed by atoms with Crippen molar-refractivity contribution in [2.24, 2.45) is 0 Å². The van der Waals surface area contributed by atoms with E-state index in [0.29, 0.717) is 13.1 Å². The fraction of sp³-hybridized carbons (Fsp3) is 0.867. The maximum Gasteiger partial charge on any atom is 0.317 e. The van der Waals surface area contributed by atoms with Crippen LogP contribution in [0.25, 0.3) is 0 Å². The predicted molar refractivity (Wildman–Crippen MR) is 80.3 cm³/mol. The van der Waals surface area contributed by atoms with Crippen molar-refractivity contribution in [3.63, 3.8) is 0 Å². The van der Waals surface area contributed by atoms with Crippen LogP contribution in [0.2, 0.25) is 0 Å². The number of rotatable bonds is 8. The van der Waals surface area contributed by atoms with Gasteiger partial charge in [-0.25, -0.2) is 4.79 Å². The molecule has 0 aromatic carbocycles. The number of carbonyl (C=O) groups excluding carboxylic acids is 1. The normalized spacial score (nSPS) is 17.5. The van der Waals surface area contributed by atoms with Crippen molar-refractivity contribution in [2.75, 3.05) is 19.7 Å². The van der Waals surface area contributed by atoms with Gasteiger partial charge in [-0.05, 0) is 25.7 Å². The first kappa shape index (κ1) is 17.8. The molecule has 0 spiro atoms. The Morgan fingerprint density at radius 1 is 1.33 bits per heavy atom. The van der Waals surface area contributed by atoms with Gasteiger partial charge in [0.2, 0.25) is 0 Å². The lowest BCUT2D eigenvalue weighted by atomic mass is 10.1. The molecule has 6 heteroatoms. The number of likely N-dealkylation sites (tertiary alicyclic amines) is 1. The van der Waals surface area contributed by atoms with Crippen LogP contribution in [-0.2, 0) is 9.53 Å². The van der Waals surface area contributed by atoms with Crippen molar-refractivity contribution >= 4 is 12.0 Å². The molecule has 0 aliphatic carbocycles. The first-order chi connectivity index (χ1) is 10.1. The van der Waals surface area contributed by atoms with Crippen molar-refractivity contribution in [2.45, 2.75) is 64.5 Å². The molecule has 6 nitrogen and oxygen atoms in total. The van der Waals surface area contributed by atoms with E-state index in [1.165, 1.54) is 0 Å². The van der Waals surface area contributed by atoms with E-state index in [4.69, 9.17) is 9.84 Å². The second-order valence-corrected chi connectivity index (χ2v) is 5.54. The Balaban J connectivity index is 2.25. The highest BCUT2D eigenvalue weighted by Crippen LogP contribution is 2.14. The second-order valence-electron chi connectivity index (χ2n) is 5.54. The second kappa shape index (κ2) is 9.60. The third-order valence-corrected chi connectivity index (χ3v) is 3.86. The minimum Gasteiger partial charge on any atom is -0.481 e. The Morgan fingerprint density at radius 3 is 2.52 bits per heavy atom. The molecular formula is C15H28N2O4. The van der Waals surface area contributed by atoms with E-state index < -0.39 is 5.97 Å². The number of nitrogens with one attached hydrogen (secondary N) is 1. The molecule has 1 aliphatic heterocycles. The molecule has 0 bridgehead atoms. The summed E-state index contributed by atoms with van der Waals surface area (Å²) >= 11 is 0. The number of amides is 2. The van der Waals surface area contributed by atoms with Crippen LogP contribution < -0.4 is 5.32 Å². The molecule has 122 valence electrons. The molecule has 2 amide bonds. The van der Waals surface area contributed by atoms with Crippen molar-refractivity contribution in [3.8, 4) is 0 Å². The van der Waals surface area contributed by atoms with E-state index in [9.17, 15) is 9.59 Å². The van der Waals surface area contributed by atoms with Crippen LogP contribution in [0.1, 0.15) is 52.4 Å². The van der Waals surface area contributed by atoms with Gasteiger partial charge in [-0.15, -0.1) is 0 Å². The highest BCUT2D eigenvalue weighted by molar-refractivity contribution is 5.74. The summed E-state index contributed by atoms with van der Waals surface area (Å²) in [5.74, 6) is -0.839. The fourth-order valence-corrected chi connectivity index (χ4v) is 2.53. The zero-order valence-corrected chi connectivity index (χ0v) is 13.1. The predicted octanol–water partition coefficient (Wildman–Crippen LogP) is 2.23. The molecule has 1 rings (SSSR count). The maximum atomic E-state index is 12.1. The average molecular weight is 300 g/mol. The lowest BCUT2D eigenvalue weighted by Gasteiger charge is -2.33. The van der Waals surface area contributed by atoms with E-state index >= 15 is 0 Å². The summed E-state index contributed by atoms with van der Waals surface area (Å²) in [5.41, 5.74) is 0. The van der Waals surface area contributed by atoms with Crippen molar-refractivity contribution in [3.05, 3.63) is 0 Å². The van der Waals surface area contributed by atoms with E-state index in [2.05, 4.69) is 19.2 Å². The largest absolute Gasteiger partial charge is 0.481 e. The standard InChI is InChI=1S/C15H28N2O4/c1-3-5-12(4-2)16-15(20)17-9-6-13(7-10-17)21-11-8-14(18)19/h12-13H,3-11H2,1-2H3,(H,16,20)(H,18,19). The number of nitrogens with zero attached hydrogens (tertiary/aromatic N) is 1. The van der Waals surface area contributed by atoms with Crippen molar-refractivity contribution in [1.82, 2.24) is 10.2 Å². The van der Waals surface area contributed by atoms with Gasteiger partial charge in [0.25, 0.3) is 0 Å². The van der Waals surface area contributed by atoms with Gasteiger partial charge >= 0.3 is 12.0 Å². The maximum absolute atomic E-state index is 12.1. The van der Waals surface area contributed by atoms with Gasteiger partial charge in [-0.3, -0.25) is 4.79 Å². The first-order valence-electron chi connectivity index (χ1n) is 7.95. The summed E-state index contributed by atoms with van der Waals surface area (Å²) < 4.78 is 5.52. The number of hydrogen-bond acceptors (Lipinski definition) is 3. The van der Waals surface area contributed by atoms with Gasteiger partial charge in [0.15, 0.2) is 0 Å². The van der Waals surface area contributed by atoms with E-state index in [1.807, 2.05) is 4.90 Å². The summed E-state index contributed by atoms with van der Waals surface area (Å²) in [4.78, 5) is 24.4. The number of carboxylic acids is 1. The lowest BCUT2D eigenvalue weighted by molar-refractivity contribution is -0.138. The molecule has 0 radical (unpaired) electrons. The molecule has 1 aliphatic rings. The minimum absolute atomic E-state index is 0.0132. The Morgan fingerprint density at radius 2 is 2.00 bits per heavy atom. The van der Waals surface area contributed by atoms with Crippen molar-refractivity contribution < 1.29 is 19.4 Å². The SMILES string of the molecule is CCCC(CC)NC(=O)N1CCC(OCCC(=O)O)CC1. The zero-order chi connectivity index (χ0) is 15.7. The molecule has 0 saturated carbocycles. The topological polar surface area (TPSA) is 78.9 Å². The average Bonchev–Trinajstić information content (AvgIpc) is 2.47. The van der Waals surface area contributed by atoms with Gasteiger partial charge < -0.3 is 20.1 Å². The molecular weight excluding hydrogens is 272 g/mol.